The van der Waals surface area contributed by atoms with Crippen LogP contribution >= 0.6 is 0 Å². The average Bonchev–Trinajstić information content (AvgIpc) is 2.25. The Balaban J connectivity index is 2.15. The Hall–Kier alpha value is -1.96. The maximum atomic E-state index is 5.62. The average molecular weight is 201 g/mol. The van der Waals surface area contributed by atoms with E-state index in [2.05, 4.69) is 0 Å². The van der Waals surface area contributed by atoms with E-state index in [1.54, 1.807) is 0 Å². The van der Waals surface area contributed by atoms with Gasteiger partial charge in [-0.05, 0) is 41.8 Å². The first kappa shape index (κ1) is 9.59. The van der Waals surface area contributed by atoms with Crippen LogP contribution in [-0.2, 0) is 6.42 Å². The van der Waals surface area contributed by atoms with Gasteiger partial charge in [-0.3, -0.25) is 0 Å². The van der Waals surface area contributed by atoms with Crippen LogP contribution in [0.3, 0.4) is 0 Å². The lowest BCUT2D eigenvalue weighted by molar-refractivity contribution is 1.19. The molecule has 0 aliphatic heterocycles. The van der Waals surface area contributed by atoms with Crippen molar-refractivity contribution in [3.05, 3.63) is 59.7 Å². The molecule has 2 nitrogen and oxygen atoms in total. The summed E-state index contributed by atoms with van der Waals surface area (Å²) in [6.07, 6.45) is 0.917. The van der Waals surface area contributed by atoms with Crippen molar-refractivity contribution in [3.8, 4) is 0 Å². The van der Waals surface area contributed by atoms with E-state index >= 15 is 0 Å². The number of rotatable bonds is 2. The van der Waals surface area contributed by atoms with E-state index in [1.807, 2.05) is 48.5 Å². The monoisotopic (exact) mass is 201 g/mol. The second-order valence-electron chi connectivity index (χ2n) is 3.66. The van der Waals surface area contributed by atoms with Gasteiger partial charge in [0.1, 0.15) is 0 Å². The van der Waals surface area contributed by atoms with Crippen LogP contribution in [0.5, 0.6) is 0 Å². The van der Waals surface area contributed by atoms with Crippen molar-refractivity contribution in [2.24, 2.45) is 0 Å². The van der Waals surface area contributed by atoms with Gasteiger partial charge in [-0.25, -0.2) is 0 Å². The molecule has 0 atom stereocenters. The van der Waals surface area contributed by atoms with E-state index < -0.39 is 0 Å². The number of hydrogen-bond donors (Lipinski definition) is 2. The van der Waals surface area contributed by atoms with Crippen LogP contribution in [0, 0.1) is 0 Å². The quantitative estimate of drug-likeness (QED) is 0.445. The largest absolute Gasteiger partial charge is 0.399 e. The standard InChI is InChI=1S/C13H14N2/c14-12-5-1-10(2-6-12)9-11-3-7-13(15)8-4-11/h1-8H,9,14-15H2/i9+1,14+1,15+1. The third-order valence-electron chi connectivity index (χ3n) is 2.37. The molecule has 2 rings (SSSR count). The normalized spacial score (nSPS) is 10.1. The summed E-state index contributed by atoms with van der Waals surface area (Å²) in [4.78, 5) is 0. The molecule has 0 spiro atoms. The number of anilines is 2. The van der Waals surface area contributed by atoms with E-state index in [1.165, 1.54) is 11.1 Å². The first-order valence-electron chi connectivity index (χ1n) is 4.93. The van der Waals surface area contributed by atoms with Crippen molar-refractivity contribution in [1.82, 2.24) is 0 Å². The molecule has 0 aliphatic carbocycles. The van der Waals surface area contributed by atoms with Crippen LogP contribution in [0.15, 0.2) is 48.5 Å². The third kappa shape index (κ3) is 2.50. The molecule has 0 amide bonds. The van der Waals surface area contributed by atoms with E-state index in [0.29, 0.717) is 0 Å². The Morgan fingerprint density at radius 2 is 0.933 bits per heavy atom. The van der Waals surface area contributed by atoms with Crippen LogP contribution in [0.4, 0.5) is 11.4 Å². The summed E-state index contributed by atoms with van der Waals surface area (Å²) in [6, 6.07) is 15.9. The number of nitrogen functional groups attached to an aromatic ring is 2. The van der Waals surface area contributed by atoms with Gasteiger partial charge < -0.3 is 11.5 Å². The van der Waals surface area contributed by atoms with Crippen LogP contribution in [-0.4, -0.2) is 0 Å². The Bertz CT molecular complexity index is 386. The molecule has 0 aliphatic rings. The Labute approximate surface area is 89.5 Å². The summed E-state index contributed by atoms with van der Waals surface area (Å²) in [5, 5.41) is 0. The second kappa shape index (κ2) is 4.05. The summed E-state index contributed by atoms with van der Waals surface area (Å²) < 4.78 is 0. The van der Waals surface area contributed by atoms with Gasteiger partial charge in [-0.2, -0.15) is 0 Å². The molecule has 0 radical (unpaired) electrons. The molecular formula is C13H14N2. The Morgan fingerprint density at radius 1 is 0.600 bits per heavy atom. The predicted octanol–water partition coefficient (Wildman–Crippen LogP) is 2.44. The first-order chi connectivity index (χ1) is 7.24. The van der Waals surface area contributed by atoms with Gasteiger partial charge in [0.2, 0.25) is 0 Å². The molecule has 15 heavy (non-hydrogen) atoms. The van der Waals surface area contributed by atoms with Gasteiger partial charge in [0.05, 0.1) is 0 Å². The third-order valence-corrected chi connectivity index (χ3v) is 2.37. The minimum absolute atomic E-state index is 0.802. The molecule has 0 aromatic heterocycles. The highest BCUT2D eigenvalue weighted by Gasteiger charge is 1.95. The molecule has 76 valence electrons. The minimum Gasteiger partial charge on any atom is -0.399 e. The highest BCUT2D eigenvalue weighted by molar-refractivity contribution is 5.43. The molecule has 0 unspecified atom stereocenters. The molecule has 2 aromatic carbocycles. The lowest BCUT2D eigenvalue weighted by Gasteiger charge is -2.02. The molecule has 2 aromatic rings. The predicted molar refractivity (Wildman–Crippen MR) is 64.5 cm³/mol. The minimum atomic E-state index is 0.802. The smallest absolute Gasteiger partial charge is 0.0314 e. The number of nitrogens with two attached hydrogens (primary N) is 2. The first-order valence-corrected chi connectivity index (χ1v) is 4.93. The topological polar surface area (TPSA) is 52.0 Å². The summed E-state index contributed by atoms with van der Waals surface area (Å²) >= 11 is 0. The van der Waals surface area contributed by atoms with E-state index in [4.69, 9.17) is 11.5 Å². The van der Waals surface area contributed by atoms with Crippen molar-refractivity contribution in [2.45, 2.75) is 6.42 Å². The zero-order valence-electron chi connectivity index (χ0n) is 8.48. The zero-order chi connectivity index (χ0) is 10.7. The molecule has 0 saturated heterocycles. The van der Waals surface area contributed by atoms with Gasteiger partial charge in [0.15, 0.2) is 0 Å². The maximum Gasteiger partial charge on any atom is 0.0314 e. The lowest BCUT2D eigenvalue weighted by atomic mass is 10.2. The molecule has 0 heterocycles. The van der Waals surface area contributed by atoms with E-state index in [-0.39, 0.29) is 0 Å². The maximum absolute atomic E-state index is 5.62. The van der Waals surface area contributed by atoms with Crippen molar-refractivity contribution < 1.29 is 0 Å². The molecule has 0 bridgehead atoms. The van der Waals surface area contributed by atoms with Crippen LogP contribution in [0.1, 0.15) is 11.1 Å². The van der Waals surface area contributed by atoms with Gasteiger partial charge in [0, 0.05) is 11.4 Å². The Kier molecular flexibility index (Phi) is 2.59. The molecule has 0 saturated carbocycles. The van der Waals surface area contributed by atoms with Crippen LogP contribution in [0.25, 0.3) is 0 Å². The highest BCUT2D eigenvalue weighted by Crippen LogP contribution is 2.13. The Morgan fingerprint density at radius 3 is 1.27 bits per heavy atom. The van der Waals surface area contributed by atoms with Gasteiger partial charge in [-0.1, -0.05) is 24.3 Å². The van der Waals surface area contributed by atoms with Crippen molar-refractivity contribution >= 4 is 11.4 Å². The van der Waals surface area contributed by atoms with E-state index in [9.17, 15) is 0 Å². The van der Waals surface area contributed by atoms with Crippen LogP contribution in [0.2, 0.25) is 0 Å². The second-order valence-corrected chi connectivity index (χ2v) is 3.66. The highest BCUT2D eigenvalue weighted by atomic mass is 15.3. The van der Waals surface area contributed by atoms with Gasteiger partial charge >= 0.3 is 0 Å². The number of hydrogen-bond acceptors (Lipinski definition) is 2. The number of benzene rings is 2. The lowest BCUT2D eigenvalue weighted by Crippen LogP contribution is -1.90. The zero-order valence-corrected chi connectivity index (χ0v) is 8.48. The molecular weight excluding hydrogens is 187 g/mol. The van der Waals surface area contributed by atoms with E-state index in [0.717, 1.165) is 17.8 Å². The molecule has 2 heteroatoms. The summed E-state index contributed by atoms with van der Waals surface area (Å²) in [5.74, 6) is 0. The fraction of sp³-hybridized carbons (Fsp3) is 0.0769. The summed E-state index contributed by atoms with van der Waals surface area (Å²) in [5.41, 5.74) is 15.4. The van der Waals surface area contributed by atoms with Gasteiger partial charge in [-0.15, -0.1) is 0 Å². The fourth-order valence-electron chi connectivity index (χ4n) is 1.51. The SMILES string of the molecule is [15NH2]c1ccc([13CH2]c2ccc([15NH2])cc2)cc1. The van der Waals surface area contributed by atoms with Gasteiger partial charge in [0.25, 0.3) is 0 Å². The fourth-order valence-corrected chi connectivity index (χ4v) is 1.51. The van der Waals surface area contributed by atoms with Crippen molar-refractivity contribution in [3.63, 3.8) is 0 Å². The summed E-state index contributed by atoms with van der Waals surface area (Å²) in [7, 11) is 0. The molecule has 0 fully saturated rings. The van der Waals surface area contributed by atoms with Crippen molar-refractivity contribution in [1.29, 1.82) is 0 Å². The van der Waals surface area contributed by atoms with Crippen LogP contribution < -0.4 is 11.5 Å². The summed E-state index contributed by atoms with van der Waals surface area (Å²) in [6.45, 7) is 0. The molecule has 4 N–H and O–H groups in total. The van der Waals surface area contributed by atoms with Crippen molar-refractivity contribution in [2.75, 3.05) is 11.5 Å².